The van der Waals surface area contributed by atoms with Gasteiger partial charge in [0.15, 0.2) is 0 Å². The predicted octanol–water partition coefficient (Wildman–Crippen LogP) is 2.93. The molecule has 1 N–H and O–H groups in total. The number of nitriles is 1. The lowest BCUT2D eigenvalue weighted by molar-refractivity contribution is 0.388. The van der Waals surface area contributed by atoms with Crippen LogP contribution in [0.1, 0.15) is 31.2 Å². The van der Waals surface area contributed by atoms with E-state index in [9.17, 15) is 0 Å². The molecule has 5 heteroatoms. The number of anilines is 1. The molecule has 1 aromatic rings. The quantitative estimate of drug-likeness (QED) is 0.820. The Morgan fingerprint density at radius 3 is 3.00 bits per heavy atom. The highest BCUT2D eigenvalue weighted by Crippen LogP contribution is 2.27. The first-order valence-electron chi connectivity index (χ1n) is 5.86. The van der Waals surface area contributed by atoms with Crippen LogP contribution in [-0.2, 0) is 0 Å². The summed E-state index contributed by atoms with van der Waals surface area (Å²) in [5.41, 5.74) is 0.955. The van der Waals surface area contributed by atoms with Gasteiger partial charge in [0, 0.05) is 17.8 Å². The summed E-state index contributed by atoms with van der Waals surface area (Å²) in [7, 11) is 0. The maximum Gasteiger partial charge on any atom is 0.224 e. The molecule has 1 heterocycles. The molecule has 1 aliphatic rings. The van der Waals surface area contributed by atoms with Crippen LogP contribution in [0.2, 0.25) is 5.28 Å². The van der Waals surface area contributed by atoms with Crippen LogP contribution in [0.4, 0.5) is 5.82 Å². The molecule has 0 spiro atoms. The number of aromatic nitrogens is 2. The van der Waals surface area contributed by atoms with Crippen molar-refractivity contribution in [2.75, 3.05) is 5.32 Å². The van der Waals surface area contributed by atoms with Crippen LogP contribution in [0.15, 0.2) is 6.20 Å². The predicted molar refractivity (Wildman–Crippen MR) is 66.8 cm³/mol. The first-order valence-corrected chi connectivity index (χ1v) is 6.24. The van der Waals surface area contributed by atoms with Crippen molar-refractivity contribution < 1.29 is 0 Å². The van der Waals surface area contributed by atoms with Gasteiger partial charge in [-0.05, 0) is 31.4 Å². The van der Waals surface area contributed by atoms with Crippen LogP contribution in [0.3, 0.4) is 0 Å². The summed E-state index contributed by atoms with van der Waals surface area (Å²) in [6.45, 7) is 1.93. The minimum Gasteiger partial charge on any atom is -0.366 e. The SMILES string of the molecule is Cc1cnc(Cl)nc1NC1CCCCC1C#N. The van der Waals surface area contributed by atoms with Crippen LogP contribution < -0.4 is 5.32 Å². The fraction of sp³-hybridized carbons (Fsp3) is 0.583. The van der Waals surface area contributed by atoms with E-state index >= 15 is 0 Å². The summed E-state index contributed by atoms with van der Waals surface area (Å²) < 4.78 is 0. The molecule has 90 valence electrons. The molecular formula is C12H15ClN4. The molecular weight excluding hydrogens is 236 g/mol. The Morgan fingerprint density at radius 1 is 1.47 bits per heavy atom. The summed E-state index contributed by atoms with van der Waals surface area (Å²) in [6.07, 6.45) is 5.97. The van der Waals surface area contributed by atoms with Crippen molar-refractivity contribution >= 4 is 17.4 Å². The molecule has 0 aromatic carbocycles. The van der Waals surface area contributed by atoms with Gasteiger partial charge < -0.3 is 5.32 Å². The average Bonchev–Trinajstić information content (AvgIpc) is 2.34. The van der Waals surface area contributed by atoms with E-state index in [1.54, 1.807) is 6.20 Å². The van der Waals surface area contributed by atoms with E-state index in [0.29, 0.717) is 0 Å². The van der Waals surface area contributed by atoms with Crippen LogP contribution in [0.5, 0.6) is 0 Å². The smallest absolute Gasteiger partial charge is 0.224 e. The third-order valence-electron chi connectivity index (χ3n) is 3.20. The van der Waals surface area contributed by atoms with Crippen molar-refractivity contribution in [3.63, 3.8) is 0 Å². The van der Waals surface area contributed by atoms with E-state index in [4.69, 9.17) is 16.9 Å². The highest BCUT2D eigenvalue weighted by atomic mass is 35.5. The Hall–Kier alpha value is -1.34. The van der Waals surface area contributed by atoms with Gasteiger partial charge in [0.05, 0.1) is 12.0 Å². The molecule has 1 fully saturated rings. The lowest BCUT2D eigenvalue weighted by Crippen LogP contribution is -2.32. The van der Waals surface area contributed by atoms with Crippen molar-refractivity contribution in [2.24, 2.45) is 5.92 Å². The number of aryl methyl sites for hydroxylation is 1. The van der Waals surface area contributed by atoms with E-state index in [1.165, 1.54) is 0 Å². The Kier molecular flexibility index (Phi) is 3.80. The lowest BCUT2D eigenvalue weighted by atomic mass is 9.85. The molecule has 0 saturated heterocycles. The Morgan fingerprint density at radius 2 is 2.24 bits per heavy atom. The summed E-state index contributed by atoms with van der Waals surface area (Å²) in [5.74, 6) is 0.814. The number of hydrogen-bond acceptors (Lipinski definition) is 4. The minimum absolute atomic E-state index is 0.0666. The molecule has 2 unspecified atom stereocenters. The Labute approximate surface area is 106 Å². The van der Waals surface area contributed by atoms with E-state index in [0.717, 1.165) is 37.1 Å². The van der Waals surface area contributed by atoms with Gasteiger partial charge in [-0.1, -0.05) is 12.8 Å². The number of nitrogens with one attached hydrogen (secondary N) is 1. The van der Waals surface area contributed by atoms with Crippen LogP contribution >= 0.6 is 11.6 Å². The summed E-state index contributed by atoms with van der Waals surface area (Å²) in [4.78, 5) is 8.09. The van der Waals surface area contributed by atoms with E-state index < -0.39 is 0 Å². The number of nitrogens with zero attached hydrogens (tertiary/aromatic N) is 3. The standard InChI is InChI=1S/C12H15ClN4/c1-8-7-15-12(13)17-11(8)16-10-5-3-2-4-9(10)6-14/h7,9-10H,2-5H2,1H3,(H,15,16,17). The van der Waals surface area contributed by atoms with Crippen LogP contribution in [-0.4, -0.2) is 16.0 Å². The Balaban J connectivity index is 2.14. The topological polar surface area (TPSA) is 61.6 Å². The van der Waals surface area contributed by atoms with E-state index in [-0.39, 0.29) is 17.2 Å². The third kappa shape index (κ3) is 2.86. The molecule has 17 heavy (non-hydrogen) atoms. The number of halogens is 1. The summed E-state index contributed by atoms with van der Waals surface area (Å²) in [6, 6.07) is 2.55. The molecule has 0 radical (unpaired) electrons. The molecule has 2 rings (SSSR count). The van der Waals surface area contributed by atoms with Crippen LogP contribution in [0, 0.1) is 24.2 Å². The fourth-order valence-corrected chi connectivity index (χ4v) is 2.33. The van der Waals surface area contributed by atoms with Gasteiger partial charge in [-0.3, -0.25) is 0 Å². The van der Waals surface area contributed by atoms with Crippen molar-refractivity contribution in [2.45, 2.75) is 38.6 Å². The highest BCUT2D eigenvalue weighted by molar-refractivity contribution is 6.28. The molecule has 1 saturated carbocycles. The Bertz CT molecular complexity index is 441. The second-order valence-corrected chi connectivity index (χ2v) is 4.78. The molecule has 4 nitrogen and oxygen atoms in total. The molecule has 2 atom stereocenters. The zero-order valence-corrected chi connectivity index (χ0v) is 10.5. The molecule has 0 amide bonds. The molecule has 1 aliphatic carbocycles. The van der Waals surface area contributed by atoms with Gasteiger partial charge in [-0.2, -0.15) is 5.26 Å². The fourth-order valence-electron chi connectivity index (χ4n) is 2.20. The first kappa shape index (κ1) is 12.1. The van der Waals surface area contributed by atoms with Crippen LogP contribution in [0.25, 0.3) is 0 Å². The van der Waals surface area contributed by atoms with Crippen molar-refractivity contribution in [3.8, 4) is 6.07 Å². The summed E-state index contributed by atoms with van der Waals surface area (Å²) >= 11 is 5.78. The van der Waals surface area contributed by atoms with Gasteiger partial charge in [-0.25, -0.2) is 9.97 Å². The molecule has 0 bridgehead atoms. The zero-order chi connectivity index (χ0) is 12.3. The summed E-state index contributed by atoms with van der Waals surface area (Å²) in [5, 5.41) is 12.7. The van der Waals surface area contributed by atoms with Gasteiger partial charge in [0.25, 0.3) is 0 Å². The van der Waals surface area contributed by atoms with Gasteiger partial charge >= 0.3 is 0 Å². The zero-order valence-electron chi connectivity index (χ0n) is 9.78. The van der Waals surface area contributed by atoms with Crippen molar-refractivity contribution in [1.29, 1.82) is 5.26 Å². The monoisotopic (exact) mass is 250 g/mol. The molecule has 1 aromatic heterocycles. The van der Waals surface area contributed by atoms with Gasteiger partial charge in [0.1, 0.15) is 5.82 Å². The van der Waals surface area contributed by atoms with Crippen molar-refractivity contribution in [3.05, 3.63) is 17.0 Å². The normalized spacial score (nSPS) is 24.1. The maximum atomic E-state index is 9.11. The average molecular weight is 251 g/mol. The van der Waals surface area contributed by atoms with E-state index in [1.807, 2.05) is 6.92 Å². The minimum atomic E-state index is 0.0666. The number of rotatable bonds is 2. The van der Waals surface area contributed by atoms with Crippen molar-refractivity contribution in [1.82, 2.24) is 9.97 Å². The lowest BCUT2D eigenvalue weighted by Gasteiger charge is -2.28. The highest BCUT2D eigenvalue weighted by Gasteiger charge is 2.25. The maximum absolute atomic E-state index is 9.11. The largest absolute Gasteiger partial charge is 0.366 e. The van der Waals surface area contributed by atoms with Gasteiger partial charge in [0.2, 0.25) is 5.28 Å². The molecule has 0 aliphatic heterocycles. The number of hydrogen-bond donors (Lipinski definition) is 1. The third-order valence-corrected chi connectivity index (χ3v) is 3.38. The van der Waals surface area contributed by atoms with Gasteiger partial charge in [-0.15, -0.1) is 0 Å². The van der Waals surface area contributed by atoms with E-state index in [2.05, 4.69) is 21.4 Å². The second-order valence-electron chi connectivity index (χ2n) is 4.44. The first-order chi connectivity index (χ1) is 8.20. The second kappa shape index (κ2) is 5.33.